The second-order valence-corrected chi connectivity index (χ2v) is 16.1. The number of carbonyl (C=O) groups excluding carboxylic acids is 6. The number of ether oxygens (including phenoxy) is 1. The minimum atomic E-state index is -4.67. The Morgan fingerprint density at radius 1 is 0.870 bits per heavy atom. The highest BCUT2D eigenvalue weighted by molar-refractivity contribution is 6.37. The zero-order valence-electron chi connectivity index (χ0n) is 28.6. The van der Waals surface area contributed by atoms with E-state index in [0.717, 1.165) is 0 Å². The van der Waals surface area contributed by atoms with Crippen LogP contribution < -0.4 is 21.7 Å². The highest BCUT2D eigenvalue weighted by Crippen LogP contribution is 2.65. The van der Waals surface area contributed by atoms with Crippen molar-refractivity contribution in [3.8, 4) is 0 Å². The van der Waals surface area contributed by atoms with Crippen molar-refractivity contribution >= 4 is 35.5 Å². The van der Waals surface area contributed by atoms with E-state index >= 15 is 0 Å². The molecule has 2 fully saturated rings. The number of urea groups is 1. The van der Waals surface area contributed by atoms with E-state index in [-0.39, 0.29) is 12.5 Å². The number of primary amides is 1. The zero-order valence-corrected chi connectivity index (χ0v) is 28.6. The van der Waals surface area contributed by atoms with Gasteiger partial charge >= 0.3 is 18.2 Å². The molecule has 5 N–H and O–H groups in total. The van der Waals surface area contributed by atoms with Crippen LogP contribution in [0.4, 0.5) is 18.0 Å². The number of hydrogen-bond acceptors (Lipinski definition) is 7. The molecule has 0 aromatic rings. The Morgan fingerprint density at radius 3 is 1.80 bits per heavy atom. The number of piperidine rings is 1. The normalized spacial score (nSPS) is 22.9. The number of nitrogens with two attached hydrogens (primary N) is 1. The molecule has 1 saturated heterocycles. The third-order valence-electron chi connectivity index (χ3n) is 8.52. The predicted molar refractivity (Wildman–Crippen MR) is 162 cm³/mol. The van der Waals surface area contributed by atoms with E-state index in [1.807, 2.05) is 13.8 Å². The van der Waals surface area contributed by atoms with Crippen LogP contribution in [-0.4, -0.2) is 82.9 Å². The van der Waals surface area contributed by atoms with Gasteiger partial charge in [0.1, 0.15) is 23.7 Å². The van der Waals surface area contributed by atoms with E-state index in [1.165, 1.54) is 4.90 Å². The number of nitrogens with one attached hydrogen (secondary N) is 3. The fraction of sp³-hybridized carbons (Fsp3) is 0.806. The van der Waals surface area contributed by atoms with Crippen LogP contribution in [0.5, 0.6) is 0 Å². The fourth-order valence-electron chi connectivity index (χ4n) is 5.93. The first-order valence-corrected chi connectivity index (χ1v) is 15.3. The Kier molecular flexibility index (Phi) is 11.0. The van der Waals surface area contributed by atoms with Gasteiger partial charge in [-0.1, -0.05) is 55.4 Å². The van der Waals surface area contributed by atoms with Crippen LogP contribution in [0.15, 0.2) is 0 Å². The second-order valence-electron chi connectivity index (χ2n) is 16.1. The molecule has 1 aliphatic carbocycles. The molecule has 0 aromatic heterocycles. The zero-order chi connectivity index (χ0) is 36.0. The number of alkyl halides is 3. The molecule has 0 aromatic carbocycles. The number of likely N-dealkylation sites (tertiary alicyclic amines) is 1. The van der Waals surface area contributed by atoms with E-state index in [4.69, 9.17) is 10.5 Å². The monoisotopic (exact) mass is 661 g/mol. The quantitative estimate of drug-likeness (QED) is 0.206. The van der Waals surface area contributed by atoms with Crippen LogP contribution in [0.1, 0.15) is 89.0 Å². The summed E-state index contributed by atoms with van der Waals surface area (Å²) in [5.41, 5.74) is 2.15. The number of carbonyl (C=O) groups is 6. The van der Waals surface area contributed by atoms with Gasteiger partial charge in [-0.3, -0.25) is 19.2 Å². The van der Waals surface area contributed by atoms with Crippen LogP contribution >= 0.6 is 0 Å². The number of rotatable bonds is 10. The van der Waals surface area contributed by atoms with Crippen LogP contribution in [0.25, 0.3) is 0 Å². The van der Waals surface area contributed by atoms with Crippen molar-refractivity contribution in [3.05, 3.63) is 0 Å². The molecule has 0 spiro atoms. The summed E-state index contributed by atoms with van der Waals surface area (Å²) >= 11 is 0. The number of esters is 1. The highest BCUT2D eigenvalue weighted by atomic mass is 19.4. The molecule has 1 unspecified atom stereocenters. The lowest BCUT2D eigenvalue weighted by molar-refractivity contribution is -0.160. The van der Waals surface area contributed by atoms with Crippen molar-refractivity contribution in [3.63, 3.8) is 0 Å². The molecular weight excluding hydrogens is 611 g/mol. The molecule has 15 heteroatoms. The Labute approximate surface area is 268 Å². The fourth-order valence-corrected chi connectivity index (χ4v) is 5.93. The Balaban J connectivity index is 2.36. The number of amides is 5. The van der Waals surface area contributed by atoms with Crippen molar-refractivity contribution in [1.29, 1.82) is 0 Å². The second kappa shape index (κ2) is 13.0. The summed E-state index contributed by atoms with van der Waals surface area (Å²) in [6, 6.07) is -6.16. The van der Waals surface area contributed by atoms with Crippen molar-refractivity contribution in [2.75, 3.05) is 6.54 Å². The summed E-state index contributed by atoms with van der Waals surface area (Å²) in [4.78, 5) is 79.3. The first-order chi connectivity index (χ1) is 20.5. The molecule has 262 valence electrons. The summed E-state index contributed by atoms with van der Waals surface area (Å²) in [5.74, 6) is -5.62. The average molecular weight is 662 g/mol. The van der Waals surface area contributed by atoms with E-state index in [0.29, 0.717) is 0 Å². The lowest BCUT2D eigenvalue weighted by atomic mass is 9.85. The van der Waals surface area contributed by atoms with Gasteiger partial charge in [0.25, 0.3) is 5.91 Å². The van der Waals surface area contributed by atoms with E-state index < -0.39 is 106 Å². The van der Waals surface area contributed by atoms with Gasteiger partial charge in [-0.05, 0) is 55.3 Å². The highest BCUT2D eigenvalue weighted by Gasteiger charge is 2.70. The molecule has 12 nitrogen and oxygen atoms in total. The maximum Gasteiger partial charge on any atom is 0.389 e. The van der Waals surface area contributed by atoms with Crippen molar-refractivity contribution in [2.45, 2.75) is 125 Å². The molecular formula is C31H50F3N5O7. The minimum Gasteiger partial charge on any atom is -0.458 e. The molecule has 2 rings (SSSR count). The smallest absolute Gasteiger partial charge is 0.389 e. The summed E-state index contributed by atoms with van der Waals surface area (Å²) < 4.78 is 44.4. The van der Waals surface area contributed by atoms with E-state index in [2.05, 4.69) is 16.0 Å². The van der Waals surface area contributed by atoms with Crippen LogP contribution in [0, 0.1) is 28.1 Å². The Bertz CT molecular complexity index is 1230. The maximum absolute atomic E-state index is 14.1. The van der Waals surface area contributed by atoms with Crippen LogP contribution in [0.2, 0.25) is 0 Å². The molecule has 0 bridgehead atoms. The first kappa shape index (κ1) is 38.8. The van der Waals surface area contributed by atoms with Gasteiger partial charge in [-0.15, -0.1) is 0 Å². The van der Waals surface area contributed by atoms with Gasteiger partial charge in [0.15, 0.2) is 0 Å². The molecule has 1 heterocycles. The number of hydrogen-bond donors (Lipinski definition) is 4. The molecule has 2 aliphatic rings. The lowest BCUT2D eigenvalue weighted by Crippen LogP contribution is -2.63. The Morgan fingerprint density at radius 2 is 1.37 bits per heavy atom. The summed E-state index contributed by atoms with van der Waals surface area (Å²) in [6.07, 6.45) is -7.03. The van der Waals surface area contributed by atoms with E-state index in [9.17, 15) is 41.9 Å². The van der Waals surface area contributed by atoms with Crippen molar-refractivity contribution < 1.29 is 46.7 Å². The minimum absolute atomic E-state index is 0.115. The van der Waals surface area contributed by atoms with E-state index in [1.54, 1.807) is 62.3 Å². The summed E-state index contributed by atoms with van der Waals surface area (Å²) in [7, 11) is 0. The molecule has 5 amide bonds. The van der Waals surface area contributed by atoms with Crippen molar-refractivity contribution in [1.82, 2.24) is 20.9 Å². The number of fused-ring (bicyclic) bond motifs is 1. The number of nitrogens with zero attached hydrogens (tertiary/aromatic N) is 1. The summed E-state index contributed by atoms with van der Waals surface area (Å²) in [6.45, 7) is 19.2. The maximum atomic E-state index is 14.1. The van der Waals surface area contributed by atoms with Gasteiger partial charge in [0.05, 0.1) is 6.04 Å². The topological polar surface area (TPSA) is 177 Å². The van der Waals surface area contributed by atoms with Gasteiger partial charge < -0.3 is 31.3 Å². The standard InChI is InChI=1S/C31H50F3N5O7/c1-27(2,3)20(37-26(45)38-21(28(4,5)6)25(44)46-29(7,8)9)24(43)39-14-15-17(30(15,10)11)18(39)23(42)36-16(19(40)22(35)41)12-13-31(32,33)34/h15-18,20-21H,12-14H2,1-11H3,(H2,35,41)(H,36,42)(H2,37,38,45)/t15-,16?,17-,18-,20+,21+/m0/s1. The Hall–Kier alpha value is -3.39. The average Bonchev–Trinajstić information content (AvgIpc) is 3.17. The molecule has 6 atom stereocenters. The number of Topliss-reactive ketones (excluding diaryl/α,β-unsaturated/α-hetero) is 1. The van der Waals surface area contributed by atoms with Gasteiger partial charge in [-0.25, -0.2) is 9.59 Å². The predicted octanol–water partition coefficient (Wildman–Crippen LogP) is 2.82. The molecule has 46 heavy (non-hydrogen) atoms. The van der Waals surface area contributed by atoms with Crippen LogP contribution in [0.3, 0.4) is 0 Å². The lowest BCUT2D eigenvalue weighted by Gasteiger charge is -2.38. The van der Waals surface area contributed by atoms with Crippen LogP contribution in [-0.2, 0) is 28.7 Å². The van der Waals surface area contributed by atoms with Gasteiger partial charge in [0, 0.05) is 13.0 Å². The third kappa shape index (κ3) is 9.57. The third-order valence-corrected chi connectivity index (χ3v) is 8.52. The largest absolute Gasteiger partial charge is 0.458 e. The first-order valence-electron chi connectivity index (χ1n) is 15.3. The SMILES string of the molecule is CC(C)(C)OC(=O)[C@@H](NC(=O)N[C@H](C(=O)N1C[C@H]2[C@@H]([C@H]1C(=O)NC(CCC(F)(F)F)C(=O)C(N)=O)C2(C)C)C(C)(C)C)C(C)(C)C. The van der Waals surface area contributed by atoms with Gasteiger partial charge in [0.2, 0.25) is 17.6 Å². The number of ketones is 1. The van der Waals surface area contributed by atoms with Gasteiger partial charge in [-0.2, -0.15) is 13.2 Å². The molecule has 0 radical (unpaired) electrons. The number of halogens is 3. The van der Waals surface area contributed by atoms with Crippen molar-refractivity contribution in [2.24, 2.45) is 33.8 Å². The molecule has 1 aliphatic heterocycles. The molecule has 1 saturated carbocycles. The summed E-state index contributed by atoms with van der Waals surface area (Å²) in [5, 5.41) is 7.52.